The molecule has 0 aliphatic carbocycles. The van der Waals surface area contributed by atoms with E-state index in [9.17, 15) is 9.59 Å². The first-order valence-electron chi connectivity index (χ1n) is 9.52. The first-order valence-corrected chi connectivity index (χ1v) is 9.52. The largest absolute Gasteiger partial charge is 0.454 e. The van der Waals surface area contributed by atoms with E-state index in [2.05, 4.69) is 17.2 Å². The highest BCUT2D eigenvalue weighted by atomic mass is 16.7. The molecule has 0 radical (unpaired) electrons. The molecule has 146 valence electrons. The molecule has 0 bridgehead atoms. The number of hydrogen-bond acceptors (Lipinski definition) is 5. The Morgan fingerprint density at radius 3 is 2.75 bits per heavy atom. The summed E-state index contributed by atoms with van der Waals surface area (Å²) in [4.78, 5) is 31.2. The molecule has 1 N–H and O–H groups in total. The van der Waals surface area contributed by atoms with E-state index in [4.69, 9.17) is 9.47 Å². The van der Waals surface area contributed by atoms with Crippen molar-refractivity contribution in [3.8, 4) is 11.5 Å². The van der Waals surface area contributed by atoms with Gasteiger partial charge in [-0.15, -0.1) is 0 Å². The van der Waals surface area contributed by atoms with E-state index >= 15 is 0 Å². The molecular weight excluding hydrogens is 358 g/mol. The van der Waals surface area contributed by atoms with Crippen LogP contribution in [0, 0.1) is 5.92 Å². The average Bonchev–Trinajstić information content (AvgIpc) is 3.20. The van der Waals surface area contributed by atoms with Gasteiger partial charge >= 0.3 is 0 Å². The molecule has 0 spiro atoms. The number of benzene rings is 1. The van der Waals surface area contributed by atoms with Gasteiger partial charge in [-0.2, -0.15) is 0 Å². The van der Waals surface area contributed by atoms with Crippen LogP contribution in [0.15, 0.2) is 36.5 Å². The molecule has 7 nitrogen and oxygen atoms in total. The van der Waals surface area contributed by atoms with Gasteiger partial charge in [0.1, 0.15) is 5.69 Å². The molecule has 2 amide bonds. The molecule has 1 saturated heterocycles. The van der Waals surface area contributed by atoms with Crippen molar-refractivity contribution in [2.45, 2.75) is 26.3 Å². The second-order valence-corrected chi connectivity index (χ2v) is 7.27. The van der Waals surface area contributed by atoms with Gasteiger partial charge < -0.3 is 19.7 Å². The third-order valence-corrected chi connectivity index (χ3v) is 5.20. The molecule has 7 heteroatoms. The summed E-state index contributed by atoms with van der Waals surface area (Å²) in [5.74, 6) is 1.67. The molecule has 1 aromatic heterocycles. The van der Waals surface area contributed by atoms with Crippen LogP contribution in [0.4, 0.5) is 0 Å². The summed E-state index contributed by atoms with van der Waals surface area (Å²) < 4.78 is 10.6. The summed E-state index contributed by atoms with van der Waals surface area (Å²) in [6.07, 6.45) is 3.51. The monoisotopic (exact) mass is 381 g/mol. The van der Waals surface area contributed by atoms with Crippen molar-refractivity contribution in [1.82, 2.24) is 15.2 Å². The van der Waals surface area contributed by atoms with Crippen LogP contribution < -0.4 is 14.8 Å². The normalized spacial score (nSPS) is 16.1. The van der Waals surface area contributed by atoms with Crippen LogP contribution in [0.25, 0.3) is 0 Å². The van der Waals surface area contributed by atoms with E-state index < -0.39 is 0 Å². The van der Waals surface area contributed by atoms with Crippen LogP contribution in [-0.2, 0) is 6.54 Å². The van der Waals surface area contributed by atoms with Crippen molar-refractivity contribution in [3.05, 3.63) is 53.3 Å². The molecule has 0 saturated carbocycles. The van der Waals surface area contributed by atoms with Crippen molar-refractivity contribution in [2.24, 2.45) is 5.92 Å². The Balaban J connectivity index is 1.39. The van der Waals surface area contributed by atoms with Crippen molar-refractivity contribution in [1.29, 1.82) is 0 Å². The van der Waals surface area contributed by atoms with Gasteiger partial charge in [0.25, 0.3) is 11.8 Å². The Bertz CT molecular complexity index is 891. The minimum absolute atomic E-state index is 0.114. The van der Waals surface area contributed by atoms with E-state index in [-0.39, 0.29) is 18.6 Å². The first kappa shape index (κ1) is 18.3. The number of piperidine rings is 1. The number of ether oxygens (including phenoxy) is 2. The number of aromatic nitrogens is 1. The van der Waals surface area contributed by atoms with Crippen molar-refractivity contribution < 1.29 is 19.1 Å². The molecule has 4 rings (SSSR count). The zero-order chi connectivity index (χ0) is 19.5. The Labute approximate surface area is 163 Å². The highest BCUT2D eigenvalue weighted by Gasteiger charge is 2.23. The van der Waals surface area contributed by atoms with Crippen molar-refractivity contribution >= 4 is 11.8 Å². The highest BCUT2D eigenvalue weighted by Crippen LogP contribution is 2.32. The van der Waals surface area contributed by atoms with Crippen LogP contribution in [-0.4, -0.2) is 41.6 Å². The number of carbonyl (C=O) groups is 2. The number of nitrogens with zero attached hydrogens (tertiary/aromatic N) is 2. The van der Waals surface area contributed by atoms with E-state index in [0.717, 1.165) is 31.5 Å². The predicted octanol–water partition coefficient (Wildman–Crippen LogP) is 2.61. The number of fused-ring (bicyclic) bond motifs is 1. The van der Waals surface area contributed by atoms with Crippen molar-refractivity contribution in [2.75, 3.05) is 19.9 Å². The van der Waals surface area contributed by atoms with Crippen LogP contribution in [0.3, 0.4) is 0 Å². The number of nitrogens with one attached hydrogen (secondary N) is 1. The third kappa shape index (κ3) is 3.93. The minimum atomic E-state index is -0.249. The summed E-state index contributed by atoms with van der Waals surface area (Å²) in [7, 11) is 0. The smallest absolute Gasteiger partial charge is 0.272 e. The van der Waals surface area contributed by atoms with E-state index in [1.807, 2.05) is 23.1 Å². The second-order valence-electron chi connectivity index (χ2n) is 7.27. The van der Waals surface area contributed by atoms with Gasteiger partial charge in [0, 0.05) is 31.4 Å². The molecule has 3 heterocycles. The fourth-order valence-electron chi connectivity index (χ4n) is 3.40. The van der Waals surface area contributed by atoms with Gasteiger partial charge in [-0.1, -0.05) is 13.0 Å². The van der Waals surface area contributed by atoms with E-state index in [1.165, 1.54) is 6.20 Å². The maximum atomic E-state index is 12.7. The number of likely N-dealkylation sites (tertiary alicyclic amines) is 1. The lowest BCUT2D eigenvalue weighted by molar-refractivity contribution is 0.0691. The molecule has 2 aliphatic heterocycles. The quantitative estimate of drug-likeness (QED) is 0.881. The summed E-state index contributed by atoms with van der Waals surface area (Å²) in [6, 6.07) is 8.74. The Kier molecular flexibility index (Phi) is 5.14. The van der Waals surface area contributed by atoms with Crippen molar-refractivity contribution in [3.63, 3.8) is 0 Å². The van der Waals surface area contributed by atoms with Gasteiger partial charge in [-0.3, -0.25) is 14.6 Å². The van der Waals surface area contributed by atoms with Gasteiger partial charge in [0.05, 0.1) is 0 Å². The second kappa shape index (κ2) is 7.88. The molecule has 1 fully saturated rings. The number of hydrogen-bond donors (Lipinski definition) is 1. The molecule has 0 atom stereocenters. The summed E-state index contributed by atoms with van der Waals surface area (Å²) in [5, 5.41) is 2.87. The molecular formula is C21H23N3O4. The lowest BCUT2D eigenvalue weighted by atomic mass is 9.99. The van der Waals surface area contributed by atoms with Crippen LogP contribution >= 0.6 is 0 Å². The van der Waals surface area contributed by atoms with E-state index in [0.29, 0.717) is 35.2 Å². The third-order valence-electron chi connectivity index (χ3n) is 5.20. The SMILES string of the molecule is CC1CCN(C(=O)c2cc(C(=O)NCc3ccc4c(c3)OCO4)ccn2)CC1. The van der Waals surface area contributed by atoms with Gasteiger partial charge in [-0.25, -0.2) is 0 Å². The number of pyridine rings is 1. The van der Waals surface area contributed by atoms with Crippen LogP contribution in [0.5, 0.6) is 11.5 Å². The van der Waals surface area contributed by atoms with Crippen LogP contribution in [0.1, 0.15) is 46.2 Å². The standard InChI is InChI=1S/C21H23N3O4/c1-14-5-8-24(9-6-14)21(26)17-11-16(4-7-22-17)20(25)23-12-15-2-3-18-19(10-15)28-13-27-18/h2-4,7,10-11,14H,5-6,8-9,12-13H2,1H3,(H,23,25). The van der Waals surface area contributed by atoms with Gasteiger partial charge in [0.2, 0.25) is 6.79 Å². The first-order chi connectivity index (χ1) is 13.6. The maximum Gasteiger partial charge on any atom is 0.272 e. The van der Waals surface area contributed by atoms with Gasteiger partial charge in [-0.05, 0) is 48.6 Å². The maximum absolute atomic E-state index is 12.7. The lowest BCUT2D eigenvalue weighted by Gasteiger charge is -2.30. The van der Waals surface area contributed by atoms with Gasteiger partial charge in [0.15, 0.2) is 11.5 Å². The summed E-state index contributed by atoms with van der Waals surface area (Å²) in [6.45, 7) is 4.25. The lowest BCUT2D eigenvalue weighted by Crippen LogP contribution is -2.38. The Morgan fingerprint density at radius 1 is 1.14 bits per heavy atom. The fourth-order valence-corrected chi connectivity index (χ4v) is 3.40. The number of amides is 2. The van der Waals surface area contributed by atoms with E-state index in [1.54, 1.807) is 12.1 Å². The zero-order valence-corrected chi connectivity index (χ0v) is 15.8. The molecule has 1 aromatic carbocycles. The molecule has 28 heavy (non-hydrogen) atoms. The minimum Gasteiger partial charge on any atom is -0.454 e. The summed E-state index contributed by atoms with van der Waals surface area (Å²) >= 11 is 0. The predicted molar refractivity (Wildman–Crippen MR) is 102 cm³/mol. The number of rotatable bonds is 4. The molecule has 2 aromatic rings. The topological polar surface area (TPSA) is 80.8 Å². The summed E-state index contributed by atoms with van der Waals surface area (Å²) in [5.41, 5.74) is 1.64. The Morgan fingerprint density at radius 2 is 1.93 bits per heavy atom. The highest BCUT2D eigenvalue weighted by molar-refractivity contribution is 5.98. The fraction of sp³-hybridized carbons (Fsp3) is 0.381. The average molecular weight is 381 g/mol. The number of carbonyl (C=O) groups excluding carboxylic acids is 2. The zero-order valence-electron chi connectivity index (χ0n) is 15.8. The Hall–Kier alpha value is -3.09. The van der Waals surface area contributed by atoms with Crippen LogP contribution in [0.2, 0.25) is 0 Å². The molecule has 0 unspecified atom stereocenters. The molecule has 2 aliphatic rings.